The first kappa shape index (κ1) is 25.5. The van der Waals surface area contributed by atoms with E-state index in [1.54, 1.807) is 0 Å². The summed E-state index contributed by atoms with van der Waals surface area (Å²) < 4.78 is 6.36. The third-order valence-corrected chi connectivity index (χ3v) is 10.6. The quantitative estimate of drug-likeness (QED) is 0.401. The highest BCUT2D eigenvalue weighted by Crippen LogP contribution is 2.66. The maximum atomic E-state index is 13.7. The summed E-state index contributed by atoms with van der Waals surface area (Å²) in [6.45, 7) is 18.7. The number of carbonyl (C=O) groups excluding carboxylic acids is 1. The van der Waals surface area contributed by atoms with Crippen molar-refractivity contribution >= 4 is 5.78 Å². The molecule has 0 bridgehead atoms. The molecule has 0 aliphatic heterocycles. The van der Waals surface area contributed by atoms with Gasteiger partial charge in [-0.1, -0.05) is 59.5 Å². The molecule has 0 aromatic carbocycles. The van der Waals surface area contributed by atoms with Crippen LogP contribution in [0, 0.1) is 46.3 Å². The number of allylic oxidation sites excluding steroid dienone is 1. The summed E-state index contributed by atoms with van der Waals surface area (Å²) in [5.74, 6) is 4.29. The molecule has 188 valence electrons. The summed E-state index contributed by atoms with van der Waals surface area (Å²) in [5, 5.41) is 0. The van der Waals surface area contributed by atoms with E-state index >= 15 is 0 Å². The van der Waals surface area contributed by atoms with Crippen molar-refractivity contribution in [2.24, 2.45) is 46.3 Å². The summed E-state index contributed by atoms with van der Waals surface area (Å²) in [6.07, 6.45) is 14.9. The van der Waals surface area contributed by atoms with Crippen LogP contribution in [0.4, 0.5) is 0 Å². The van der Waals surface area contributed by atoms with Gasteiger partial charge in [0.05, 0.1) is 11.7 Å². The number of ketones is 1. The van der Waals surface area contributed by atoms with Gasteiger partial charge in [-0.2, -0.15) is 0 Å². The Morgan fingerprint density at radius 2 is 1.73 bits per heavy atom. The zero-order valence-electron chi connectivity index (χ0n) is 23.0. The Morgan fingerprint density at radius 3 is 2.39 bits per heavy atom. The molecule has 0 N–H and O–H groups in total. The molecule has 4 aliphatic carbocycles. The smallest absolute Gasteiger partial charge is 0.159 e. The number of hydrogen-bond acceptors (Lipinski definition) is 2. The molecule has 3 fully saturated rings. The van der Waals surface area contributed by atoms with Crippen LogP contribution in [0.3, 0.4) is 0 Å². The molecule has 0 radical (unpaired) electrons. The SMILES string of the molecule is CC(C)CCC[C@@H](C)[C@@H]1CC[C@@H]2[C@H]3C(=O)C=C4C[C@@H](OC(C)(C)C)CC[C@]4(C)[C@@H]3CC[C@@]21C. The second-order valence-electron chi connectivity index (χ2n) is 14.4. The molecule has 3 saturated carbocycles. The van der Waals surface area contributed by atoms with Crippen LogP contribution in [-0.4, -0.2) is 17.5 Å². The highest BCUT2D eigenvalue weighted by atomic mass is 16.5. The summed E-state index contributed by atoms with van der Waals surface area (Å²) >= 11 is 0. The lowest BCUT2D eigenvalue weighted by atomic mass is 9.46. The Bertz CT molecular complexity index is 757. The van der Waals surface area contributed by atoms with Crippen molar-refractivity contribution in [2.75, 3.05) is 0 Å². The van der Waals surface area contributed by atoms with Crippen molar-refractivity contribution in [1.82, 2.24) is 0 Å². The molecular weight excluding hydrogens is 404 g/mol. The fraction of sp³-hybridized carbons (Fsp3) is 0.903. The van der Waals surface area contributed by atoms with Gasteiger partial charge in [0.25, 0.3) is 0 Å². The molecule has 0 aromatic heterocycles. The second-order valence-corrected chi connectivity index (χ2v) is 14.4. The third-order valence-electron chi connectivity index (χ3n) is 10.6. The van der Waals surface area contributed by atoms with Gasteiger partial charge in [0.15, 0.2) is 5.78 Å². The monoisotopic (exact) mass is 456 g/mol. The first-order chi connectivity index (χ1) is 15.3. The molecule has 0 heterocycles. The Labute approximate surface area is 204 Å². The normalized spacial score (nSPS) is 41.9. The lowest BCUT2D eigenvalue weighted by molar-refractivity contribution is -0.137. The molecule has 2 nitrogen and oxygen atoms in total. The topological polar surface area (TPSA) is 26.3 Å². The van der Waals surface area contributed by atoms with E-state index in [0.717, 1.165) is 30.6 Å². The number of fused-ring (bicyclic) bond motifs is 5. The fourth-order valence-electron chi connectivity index (χ4n) is 8.99. The molecular formula is C31H52O2. The van der Waals surface area contributed by atoms with Crippen LogP contribution in [0.1, 0.15) is 120 Å². The molecule has 0 spiro atoms. The first-order valence-corrected chi connectivity index (χ1v) is 14.3. The zero-order valence-corrected chi connectivity index (χ0v) is 23.0. The van der Waals surface area contributed by atoms with E-state index in [1.807, 2.05) is 0 Å². The Hall–Kier alpha value is -0.630. The average Bonchev–Trinajstić information content (AvgIpc) is 3.05. The summed E-state index contributed by atoms with van der Waals surface area (Å²) in [5.41, 5.74) is 1.87. The van der Waals surface area contributed by atoms with Gasteiger partial charge in [-0.15, -0.1) is 0 Å². The van der Waals surface area contributed by atoms with Crippen molar-refractivity contribution in [3.63, 3.8) is 0 Å². The molecule has 33 heavy (non-hydrogen) atoms. The van der Waals surface area contributed by atoms with E-state index in [-0.39, 0.29) is 23.0 Å². The van der Waals surface area contributed by atoms with Gasteiger partial charge in [-0.05, 0) is 112 Å². The fourth-order valence-corrected chi connectivity index (χ4v) is 8.99. The van der Waals surface area contributed by atoms with Gasteiger partial charge in [0.2, 0.25) is 0 Å². The van der Waals surface area contributed by atoms with Crippen LogP contribution in [0.15, 0.2) is 11.6 Å². The van der Waals surface area contributed by atoms with Gasteiger partial charge < -0.3 is 4.74 Å². The molecule has 4 aliphatic rings. The molecule has 2 heteroatoms. The molecule has 0 amide bonds. The molecule has 0 aromatic rings. The minimum absolute atomic E-state index is 0.114. The van der Waals surface area contributed by atoms with E-state index in [2.05, 4.69) is 61.5 Å². The van der Waals surface area contributed by atoms with Gasteiger partial charge in [0.1, 0.15) is 0 Å². The molecule has 4 rings (SSSR count). The Morgan fingerprint density at radius 1 is 1.00 bits per heavy atom. The minimum atomic E-state index is -0.114. The van der Waals surface area contributed by atoms with E-state index in [1.165, 1.54) is 56.9 Å². The molecule has 0 unspecified atom stereocenters. The molecule has 0 saturated heterocycles. The van der Waals surface area contributed by atoms with Crippen molar-refractivity contribution < 1.29 is 9.53 Å². The predicted octanol–water partition coefficient (Wildman–Crippen LogP) is 8.39. The zero-order chi connectivity index (χ0) is 24.2. The number of carbonyl (C=O) groups is 1. The lowest BCUT2D eigenvalue weighted by Gasteiger charge is -2.58. The first-order valence-electron chi connectivity index (χ1n) is 14.3. The van der Waals surface area contributed by atoms with Crippen LogP contribution in [-0.2, 0) is 9.53 Å². The van der Waals surface area contributed by atoms with E-state index in [4.69, 9.17) is 4.74 Å². The van der Waals surface area contributed by atoms with Crippen molar-refractivity contribution in [3.8, 4) is 0 Å². The van der Waals surface area contributed by atoms with Crippen molar-refractivity contribution in [2.45, 2.75) is 131 Å². The van der Waals surface area contributed by atoms with Gasteiger partial charge in [-0.3, -0.25) is 4.79 Å². The number of hydrogen-bond donors (Lipinski definition) is 0. The molecule has 8 atom stereocenters. The van der Waals surface area contributed by atoms with Crippen LogP contribution < -0.4 is 0 Å². The standard InChI is InChI=1S/C31H52O2/c1-20(2)10-9-11-21(3)24-12-13-25-28-26(15-17-31(24,25)8)30(7)16-14-23(33-29(4,5)6)18-22(30)19-27(28)32/h19-21,23-26,28H,9-18H2,1-8H3/t21-,23+,24+,25-,26-,28-,30+,31-/m1/s1. The average molecular weight is 457 g/mol. The van der Waals surface area contributed by atoms with Gasteiger partial charge in [-0.25, -0.2) is 0 Å². The van der Waals surface area contributed by atoms with Crippen molar-refractivity contribution in [3.05, 3.63) is 11.6 Å². The number of rotatable bonds is 6. The number of ether oxygens (including phenoxy) is 1. The predicted molar refractivity (Wildman–Crippen MR) is 138 cm³/mol. The van der Waals surface area contributed by atoms with E-state index in [9.17, 15) is 4.79 Å². The summed E-state index contributed by atoms with van der Waals surface area (Å²) in [4.78, 5) is 13.7. The maximum Gasteiger partial charge on any atom is 0.159 e. The van der Waals surface area contributed by atoms with Crippen LogP contribution in [0.2, 0.25) is 0 Å². The second kappa shape index (κ2) is 9.11. The van der Waals surface area contributed by atoms with Gasteiger partial charge in [0, 0.05) is 5.92 Å². The third kappa shape index (κ3) is 4.76. The summed E-state index contributed by atoms with van der Waals surface area (Å²) in [6, 6.07) is 0. The van der Waals surface area contributed by atoms with E-state index < -0.39 is 0 Å². The maximum absolute atomic E-state index is 13.7. The minimum Gasteiger partial charge on any atom is -0.372 e. The summed E-state index contributed by atoms with van der Waals surface area (Å²) in [7, 11) is 0. The lowest BCUT2D eigenvalue weighted by Crippen LogP contribution is -2.54. The van der Waals surface area contributed by atoms with Crippen LogP contribution in [0.5, 0.6) is 0 Å². The highest BCUT2D eigenvalue weighted by Gasteiger charge is 2.61. The van der Waals surface area contributed by atoms with Crippen molar-refractivity contribution in [1.29, 1.82) is 0 Å². The van der Waals surface area contributed by atoms with Crippen LogP contribution >= 0.6 is 0 Å². The van der Waals surface area contributed by atoms with Gasteiger partial charge >= 0.3 is 0 Å². The largest absolute Gasteiger partial charge is 0.372 e. The van der Waals surface area contributed by atoms with E-state index in [0.29, 0.717) is 23.0 Å². The van der Waals surface area contributed by atoms with Crippen LogP contribution in [0.25, 0.3) is 0 Å². The highest BCUT2D eigenvalue weighted by molar-refractivity contribution is 5.94. The Balaban J connectivity index is 1.51. The Kier molecular flexibility index (Phi) is 7.03.